The van der Waals surface area contributed by atoms with Gasteiger partial charge in [-0.15, -0.1) is 20.4 Å². The lowest BCUT2D eigenvalue weighted by atomic mass is 10.1. The Bertz CT molecular complexity index is 4150. The number of imidazole rings is 3. The van der Waals surface area contributed by atoms with E-state index in [2.05, 4.69) is 40.3 Å². The Morgan fingerprint density at radius 3 is 1.51 bits per heavy atom. The smallest absolute Gasteiger partial charge is 0.233 e. The highest BCUT2D eigenvalue weighted by molar-refractivity contribution is 6.36. The second-order valence-corrected chi connectivity index (χ2v) is 20.2. The molecule has 0 aliphatic carbocycles. The Hall–Kier alpha value is -9.02. The monoisotopic (exact) mass is 1210 g/mol. The Kier molecular flexibility index (Phi) is 18.8. The van der Waals surface area contributed by atoms with Crippen molar-refractivity contribution < 1.29 is 32.3 Å². The molecule has 3 amide bonds. The zero-order valence-electron chi connectivity index (χ0n) is 45.4. The van der Waals surface area contributed by atoms with E-state index in [0.29, 0.717) is 107 Å². The first-order valence-corrected chi connectivity index (χ1v) is 27.2. The van der Waals surface area contributed by atoms with E-state index in [1.54, 1.807) is 93.1 Å². The largest absolute Gasteiger partial charge is 0.497 e. The van der Waals surface area contributed by atoms with Crippen LogP contribution in [0.2, 0.25) is 20.1 Å². The number of aromatic nitrogens is 11. The van der Waals surface area contributed by atoms with Crippen LogP contribution >= 0.6 is 46.4 Å². The van der Waals surface area contributed by atoms with E-state index in [-0.39, 0.29) is 37.0 Å². The second kappa shape index (κ2) is 26.5. The van der Waals surface area contributed by atoms with Crippen LogP contribution in [0.15, 0.2) is 146 Å². The summed E-state index contributed by atoms with van der Waals surface area (Å²) in [6, 6.07) is 33.3. The number of rotatable bonds is 14. The molecule has 11 aromatic rings. The molecule has 0 radical (unpaired) electrons. The predicted octanol–water partition coefficient (Wildman–Crippen LogP) is 11.8. The van der Waals surface area contributed by atoms with Crippen molar-refractivity contribution >= 4 is 92.4 Å². The highest BCUT2D eigenvalue weighted by atomic mass is 35.5. The van der Waals surface area contributed by atoms with Gasteiger partial charge >= 0.3 is 0 Å². The maximum atomic E-state index is 13.2. The van der Waals surface area contributed by atoms with Crippen LogP contribution < -0.4 is 14.5 Å². The average Bonchev–Trinajstić information content (AvgIpc) is 3.13. The number of carbonyl (C=O) groups excluding carboxylic acids is 3. The Labute approximate surface area is 498 Å². The molecule has 0 atom stereocenters. The number of halogens is 7. The first-order valence-electron chi connectivity index (χ1n) is 25.7. The minimum absolute atomic E-state index is 0.00702. The molecule has 0 saturated heterocycles. The van der Waals surface area contributed by atoms with E-state index >= 15 is 0 Å². The number of hydrogen-bond donors (Lipinski definition) is 0. The first kappa shape index (κ1) is 59.6. The van der Waals surface area contributed by atoms with Crippen LogP contribution in [-0.4, -0.2) is 110 Å². The van der Waals surface area contributed by atoms with Crippen molar-refractivity contribution in [2.24, 2.45) is 0 Å². The van der Waals surface area contributed by atoms with Crippen LogP contribution in [0.3, 0.4) is 0 Å². The fourth-order valence-electron chi connectivity index (χ4n) is 8.90. The van der Waals surface area contributed by atoms with Crippen molar-refractivity contribution in [3.05, 3.63) is 201 Å². The first-order chi connectivity index (χ1) is 40.4. The number of carbonyl (C=O) groups is 3. The number of nitrogens with zero attached hydrogens (tertiary/aromatic N) is 14. The number of hydrogen-bond acceptors (Lipinski definition) is 12. The van der Waals surface area contributed by atoms with Gasteiger partial charge in [-0.2, -0.15) is 13.2 Å². The lowest BCUT2D eigenvalue weighted by Crippen LogP contribution is -2.32. The third-order valence-electron chi connectivity index (χ3n) is 13.3. The molecule has 0 N–H and O–H groups in total. The highest BCUT2D eigenvalue weighted by Crippen LogP contribution is 2.33. The summed E-state index contributed by atoms with van der Waals surface area (Å²) in [6.07, 6.45) is 6.57. The molecule has 0 unspecified atom stereocenters. The van der Waals surface area contributed by atoms with Crippen LogP contribution in [0, 0.1) is 17.8 Å². The molecule has 11 rings (SSSR count). The molecule has 25 heteroatoms. The van der Waals surface area contributed by atoms with Gasteiger partial charge in [-0.3, -0.25) is 14.4 Å². The summed E-state index contributed by atoms with van der Waals surface area (Å²) in [7, 11) is 4.91. The molecular formula is C59H49Cl4F3N14O4. The zero-order valence-corrected chi connectivity index (χ0v) is 48.5. The molecule has 0 saturated carbocycles. The summed E-state index contributed by atoms with van der Waals surface area (Å²) in [5, 5.41) is 16.5. The minimum atomic E-state index is -0.683. The van der Waals surface area contributed by atoms with Gasteiger partial charge < -0.3 is 32.6 Å². The highest BCUT2D eigenvalue weighted by Gasteiger charge is 2.25. The fourth-order valence-corrected chi connectivity index (χ4v) is 9.73. The molecule has 0 aliphatic heterocycles. The van der Waals surface area contributed by atoms with E-state index in [1.165, 1.54) is 47.5 Å². The summed E-state index contributed by atoms with van der Waals surface area (Å²) in [5.74, 6) is -1.66. The fraction of sp³-hybridized carbons (Fsp3) is 0.169. The number of likely N-dealkylation sites (N-methyl/N-ethyl adjacent to an activating group) is 3. The molecule has 0 fully saturated rings. The maximum absolute atomic E-state index is 13.2. The van der Waals surface area contributed by atoms with Gasteiger partial charge in [-0.05, 0) is 117 Å². The summed E-state index contributed by atoms with van der Waals surface area (Å²) in [4.78, 5) is 60.7. The standard InChI is InChI=1S/C22H17Cl2FN4O2.C20H15ClFN5O.C17H17ClFN5O/c1-28(15-5-8-19(25)26-11-15)20(30)10-18-21(13-3-6-16(31-2)7-4-13)27-22-17(24)9-14(23)12-29(18)22;1-26(14-5-3-2-4-6-14)19(28)11-16-20(15-8-9-17(22)25-24-15)23-18-10-7-13(21)12-27(16)18;1-3-23(4-2)16(25)9-13-17(12-6-7-14(19)22-21-12)20-15-8-5-11(18)10-24(13)15/h3-9,11-12H,10H2,1-2H3;2-10,12H,11H2,1H3;5-8,10H,3-4,9H2,1-2H3. The number of methoxy groups -OCH3 is 1. The van der Waals surface area contributed by atoms with Crippen LogP contribution in [0.5, 0.6) is 5.75 Å². The van der Waals surface area contributed by atoms with Crippen LogP contribution in [0.25, 0.3) is 51.0 Å². The van der Waals surface area contributed by atoms with Gasteiger partial charge in [0.05, 0.1) is 81.1 Å². The minimum Gasteiger partial charge on any atom is -0.497 e. The van der Waals surface area contributed by atoms with Crippen LogP contribution in [0.4, 0.5) is 24.5 Å². The molecule has 9 aromatic heterocycles. The van der Waals surface area contributed by atoms with Gasteiger partial charge in [0.2, 0.25) is 35.6 Å². The lowest BCUT2D eigenvalue weighted by molar-refractivity contribution is -0.130. The topological polar surface area (TPSA) is 187 Å². The Morgan fingerprint density at radius 1 is 0.524 bits per heavy atom. The number of pyridine rings is 4. The molecule has 18 nitrogen and oxygen atoms in total. The Balaban J connectivity index is 0.000000152. The number of ether oxygens (including phenoxy) is 1. The van der Waals surface area contributed by atoms with E-state index in [1.807, 2.05) is 68.4 Å². The quantitative estimate of drug-likeness (QED) is 0.0939. The Morgan fingerprint density at radius 2 is 1.02 bits per heavy atom. The third kappa shape index (κ3) is 13.6. The van der Waals surface area contributed by atoms with Gasteiger partial charge in [0.1, 0.15) is 39.8 Å². The van der Waals surface area contributed by atoms with Crippen LogP contribution in [-0.2, 0) is 33.6 Å². The number of amides is 3. The third-order valence-corrected chi connectivity index (χ3v) is 14.2. The van der Waals surface area contributed by atoms with Crippen LogP contribution in [0.1, 0.15) is 30.9 Å². The number of para-hydroxylation sites is 1. The van der Waals surface area contributed by atoms with Gasteiger partial charge in [-0.25, -0.2) is 19.9 Å². The number of fused-ring (bicyclic) bond motifs is 3. The summed E-state index contributed by atoms with van der Waals surface area (Å²) >= 11 is 24.8. The second-order valence-electron chi connectivity index (χ2n) is 18.5. The van der Waals surface area contributed by atoms with Gasteiger partial charge in [0.15, 0.2) is 5.65 Å². The van der Waals surface area contributed by atoms with Gasteiger partial charge in [-0.1, -0.05) is 64.6 Å². The van der Waals surface area contributed by atoms with E-state index in [0.717, 1.165) is 11.3 Å². The van der Waals surface area contributed by atoms with Gasteiger partial charge in [0, 0.05) is 57.0 Å². The average molecular weight is 1220 g/mol. The maximum Gasteiger partial charge on any atom is 0.233 e. The van der Waals surface area contributed by atoms with Crippen molar-refractivity contribution in [1.29, 1.82) is 0 Å². The predicted molar refractivity (Wildman–Crippen MR) is 316 cm³/mol. The number of anilines is 2. The normalized spacial score (nSPS) is 11.0. The molecule has 428 valence electrons. The van der Waals surface area contributed by atoms with Crippen molar-refractivity contribution in [1.82, 2.24) is 58.4 Å². The molecule has 0 spiro atoms. The van der Waals surface area contributed by atoms with E-state index in [9.17, 15) is 27.6 Å². The van der Waals surface area contributed by atoms with E-state index < -0.39 is 17.8 Å². The molecule has 2 aromatic carbocycles. The summed E-state index contributed by atoms with van der Waals surface area (Å²) in [5.41, 5.74) is 8.00. The lowest BCUT2D eigenvalue weighted by Gasteiger charge is -2.18. The van der Waals surface area contributed by atoms with Crippen molar-refractivity contribution in [3.8, 4) is 39.8 Å². The SMILES string of the molecule is CCN(CC)C(=O)Cc1c(-c2ccc(F)nn2)nc2ccc(Cl)cn12.CN(C(=O)Cc1c(-c2ccc(F)nn2)nc2ccc(Cl)cn12)c1ccccc1.COc1ccc(-c2nc3c(Cl)cc(Cl)cn3c2CC(=O)N(C)c2ccc(F)nc2)cc1. The molecule has 9 heterocycles. The van der Waals surface area contributed by atoms with Gasteiger partial charge in [0.25, 0.3) is 0 Å². The van der Waals surface area contributed by atoms with E-state index in [4.69, 9.17) is 51.1 Å². The van der Waals surface area contributed by atoms with Crippen molar-refractivity contribution in [2.45, 2.75) is 33.1 Å². The van der Waals surface area contributed by atoms with Crippen molar-refractivity contribution in [3.63, 3.8) is 0 Å². The summed E-state index contributed by atoms with van der Waals surface area (Å²) in [6.45, 7) is 5.11. The van der Waals surface area contributed by atoms with Crippen molar-refractivity contribution in [2.75, 3.05) is 44.1 Å². The number of benzene rings is 2. The molecule has 0 bridgehead atoms. The molecule has 0 aliphatic rings. The molecular weight excluding hydrogens is 1170 g/mol. The zero-order chi connectivity index (χ0) is 59.8. The molecule has 84 heavy (non-hydrogen) atoms. The summed E-state index contributed by atoms with van der Waals surface area (Å²) < 4.78 is 49.9.